The molecule has 2 aliphatic rings. The van der Waals surface area contributed by atoms with Gasteiger partial charge in [-0.25, -0.2) is 4.39 Å². The lowest BCUT2D eigenvalue weighted by Gasteiger charge is -2.24. The molecule has 2 unspecified atom stereocenters. The second-order valence-corrected chi connectivity index (χ2v) is 5.97. The molecule has 7 heteroatoms. The minimum Gasteiger partial charge on any atom is -0.310 e. The zero-order chi connectivity index (χ0) is 15.0. The quantitative estimate of drug-likeness (QED) is 0.829. The van der Waals surface area contributed by atoms with Gasteiger partial charge in [0.15, 0.2) is 0 Å². The van der Waals surface area contributed by atoms with Gasteiger partial charge in [-0.2, -0.15) is 13.2 Å². The van der Waals surface area contributed by atoms with Crippen molar-refractivity contribution in [3.63, 3.8) is 0 Å². The minimum absolute atomic E-state index is 0. The van der Waals surface area contributed by atoms with Gasteiger partial charge in [0.05, 0.1) is 5.56 Å². The Morgan fingerprint density at radius 3 is 2.59 bits per heavy atom. The van der Waals surface area contributed by atoms with Crippen LogP contribution in [-0.2, 0) is 12.7 Å². The molecule has 1 aromatic rings. The summed E-state index contributed by atoms with van der Waals surface area (Å²) in [5.41, 5.74) is -0.657. The van der Waals surface area contributed by atoms with E-state index in [1.54, 1.807) is 0 Å². The second-order valence-electron chi connectivity index (χ2n) is 5.97. The van der Waals surface area contributed by atoms with E-state index in [2.05, 4.69) is 10.2 Å². The number of benzene rings is 1. The second kappa shape index (κ2) is 6.72. The van der Waals surface area contributed by atoms with Gasteiger partial charge in [-0.15, -0.1) is 12.4 Å². The Kier molecular flexibility index (Phi) is 5.35. The van der Waals surface area contributed by atoms with Gasteiger partial charge in [0.1, 0.15) is 5.82 Å². The molecule has 3 rings (SSSR count). The first kappa shape index (κ1) is 17.5. The third-order valence-electron chi connectivity index (χ3n) is 4.35. The summed E-state index contributed by atoms with van der Waals surface area (Å²) in [6, 6.07) is 4.27. The highest BCUT2D eigenvalue weighted by Crippen LogP contribution is 2.32. The fourth-order valence-electron chi connectivity index (χ4n) is 3.31. The number of fused-ring (bicyclic) bond motifs is 2. The highest BCUT2D eigenvalue weighted by molar-refractivity contribution is 5.85. The number of likely N-dealkylation sites (tertiary alicyclic amines) is 1. The number of rotatable bonds is 2. The molecule has 124 valence electrons. The van der Waals surface area contributed by atoms with Gasteiger partial charge in [-0.3, -0.25) is 4.90 Å². The lowest BCUT2D eigenvalue weighted by atomic mass is 10.1. The summed E-state index contributed by atoms with van der Waals surface area (Å²) in [7, 11) is 0. The molecule has 2 atom stereocenters. The molecule has 0 aliphatic carbocycles. The van der Waals surface area contributed by atoms with E-state index in [4.69, 9.17) is 0 Å². The number of alkyl halides is 3. The number of hydrogen-bond donors (Lipinski definition) is 1. The standard InChI is InChI=1S/C15H18F4N2.ClH/c16-14-4-1-10(7-13(14)15(17,18)19)8-21-6-5-11-2-3-12(9-21)20-11;/h1,4,7,11-12,20H,2-3,5-6,8-9H2;1H. The van der Waals surface area contributed by atoms with Gasteiger partial charge >= 0.3 is 6.18 Å². The molecular formula is C15H19ClF4N2. The average molecular weight is 339 g/mol. The molecule has 2 aliphatic heterocycles. The maximum atomic E-state index is 13.3. The first-order valence-electron chi connectivity index (χ1n) is 7.26. The van der Waals surface area contributed by atoms with Crippen LogP contribution in [0.15, 0.2) is 18.2 Å². The van der Waals surface area contributed by atoms with Crippen LogP contribution in [0.25, 0.3) is 0 Å². The smallest absolute Gasteiger partial charge is 0.310 e. The van der Waals surface area contributed by atoms with Crippen molar-refractivity contribution in [2.75, 3.05) is 13.1 Å². The van der Waals surface area contributed by atoms with E-state index in [1.165, 1.54) is 12.5 Å². The monoisotopic (exact) mass is 338 g/mol. The van der Waals surface area contributed by atoms with E-state index < -0.39 is 17.6 Å². The van der Waals surface area contributed by atoms with Crippen molar-refractivity contribution >= 4 is 12.4 Å². The number of halogens is 5. The average Bonchev–Trinajstić information content (AvgIpc) is 2.73. The maximum Gasteiger partial charge on any atom is 0.419 e. The van der Waals surface area contributed by atoms with E-state index in [-0.39, 0.29) is 12.4 Å². The van der Waals surface area contributed by atoms with Gasteiger partial charge in [0.25, 0.3) is 0 Å². The fraction of sp³-hybridized carbons (Fsp3) is 0.600. The molecule has 0 saturated carbocycles. The Morgan fingerprint density at radius 2 is 1.86 bits per heavy atom. The van der Waals surface area contributed by atoms with E-state index >= 15 is 0 Å². The summed E-state index contributed by atoms with van der Waals surface area (Å²) < 4.78 is 51.5. The third-order valence-corrected chi connectivity index (χ3v) is 4.35. The lowest BCUT2D eigenvalue weighted by molar-refractivity contribution is -0.140. The molecule has 2 nitrogen and oxygen atoms in total. The van der Waals surface area contributed by atoms with Crippen molar-refractivity contribution in [1.29, 1.82) is 0 Å². The molecule has 22 heavy (non-hydrogen) atoms. The zero-order valence-electron chi connectivity index (χ0n) is 12.0. The first-order chi connectivity index (χ1) is 9.91. The first-order valence-corrected chi connectivity index (χ1v) is 7.26. The van der Waals surface area contributed by atoms with Crippen LogP contribution in [0.2, 0.25) is 0 Å². The Labute approximate surface area is 133 Å². The van der Waals surface area contributed by atoms with Crippen LogP contribution in [0.5, 0.6) is 0 Å². The van der Waals surface area contributed by atoms with Crippen LogP contribution in [0, 0.1) is 5.82 Å². The molecule has 0 spiro atoms. The maximum absolute atomic E-state index is 13.3. The molecule has 1 aromatic carbocycles. The molecule has 0 amide bonds. The number of nitrogens with zero attached hydrogens (tertiary/aromatic N) is 1. The number of nitrogens with one attached hydrogen (secondary N) is 1. The fourth-order valence-corrected chi connectivity index (χ4v) is 3.31. The van der Waals surface area contributed by atoms with Gasteiger partial charge < -0.3 is 5.32 Å². The van der Waals surface area contributed by atoms with Gasteiger partial charge in [0.2, 0.25) is 0 Å². The molecule has 2 bridgehead atoms. The Hall–Kier alpha value is -0.850. The SMILES string of the molecule is Cl.Fc1ccc(CN2CCC3CCC(C2)N3)cc1C(F)(F)F. The summed E-state index contributed by atoms with van der Waals surface area (Å²) >= 11 is 0. The Bertz CT molecular complexity index is 521. The summed E-state index contributed by atoms with van der Waals surface area (Å²) in [6.45, 7) is 2.15. The van der Waals surface area contributed by atoms with Crippen molar-refractivity contribution in [1.82, 2.24) is 10.2 Å². The predicted octanol–water partition coefficient (Wildman–Crippen LogP) is 3.59. The molecule has 2 fully saturated rings. The van der Waals surface area contributed by atoms with Crippen molar-refractivity contribution in [3.05, 3.63) is 35.1 Å². The highest BCUT2D eigenvalue weighted by atomic mass is 35.5. The van der Waals surface area contributed by atoms with Gasteiger partial charge in [-0.05, 0) is 37.0 Å². The van der Waals surface area contributed by atoms with Crippen LogP contribution in [0.1, 0.15) is 30.4 Å². The Morgan fingerprint density at radius 1 is 1.14 bits per heavy atom. The number of hydrogen-bond acceptors (Lipinski definition) is 2. The topological polar surface area (TPSA) is 15.3 Å². The normalized spacial score (nSPS) is 25.6. The Balaban J connectivity index is 0.00000176. The van der Waals surface area contributed by atoms with Crippen molar-refractivity contribution in [2.45, 2.75) is 44.1 Å². The summed E-state index contributed by atoms with van der Waals surface area (Å²) in [6.07, 6.45) is -1.31. The summed E-state index contributed by atoms with van der Waals surface area (Å²) in [5, 5.41) is 3.53. The van der Waals surface area contributed by atoms with E-state index in [0.29, 0.717) is 24.2 Å². The summed E-state index contributed by atoms with van der Waals surface area (Å²) in [5.74, 6) is -1.21. The highest BCUT2D eigenvalue weighted by Gasteiger charge is 2.34. The van der Waals surface area contributed by atoms with E-state index in [1.807, 2.05) is 0 Å². The van der Waals surface area contributed by atoms with Crippen molar-refractivity contribution in [2.24, 2.45) is 0 Å². The molecular weight excluding hydrogens is 320 g/mol. The van der Waals surface area contributed by atoms with E-state index in [9.17, 15) is 17.6 Å². The zero-order valence-corrected chi connectivity index (χ0v) is 12.8. The van der Waals surface area contributed by atoms with Gasteiger partial charge in [0, 0.05) is 31.7 Å². The molecule has 2 heterocycles. The van der Waals surface area contributed by atoms with Crippen molar-refractivity contribution in [3.8, 4) is 0 Å². The molecule has 2 saturated heterocycles. The van der Waals surface area contributed by atoms with Crippen LogP contribution in [0.4, 0.5) is 17.6 Å². The van der Waals surface area contributed by atoms with E-state index in [0.717, 1.165) is 38.1 Å². The van der Waals surface area contributed by atoms with Crippen LogP contribution < -0.4 is 5.32 Å². The molecule has 0 aromatic heterocycles. The van der Waals surface area contributed by atoms with Crippen LogP contribution in [-0.4, -0.2) is 30.1 Å². The van der Waals surface area contributed by atoms with Gasteiger partial charge in [-0.1, -0.05) is 6.07 Å². The van der Waals surface area contributed by atoms with Crippen LogP contribution in [0.3, 0.4) is 0 Å². The summed E-state index contributed by atoms with van der Waals surface area (Å²) in [4.78, 5) is 2.16. The van der Waals surface area contributed by atoms with Crippen LogP contribution >= 0.6 is 12.4 Å². The van der Waals surface area contributed by atoms with Crippen molar-refractivity contribution < 1.29 is 17.6 Å². The molecule has 0 radical (unpaired) electrons. The lowest BCUT2D eigenvalue weighted by Crippen LogP contribution is -2.35. The third kappa shape index (κ3) is 3.91. The largest absolute Gasteiger partial charge is 0.419 e. The predicted molar refractivity (Wildman–Crippen MR) is 78.5 cm³/mol. The molecule has 1 N–H and O–H groups in total. The minimum atomic E-state index is -4.64.